The standard InChI is InChI=1S/C54H49NO/c1-2-33-26-36-10-9-11-37(27-33)54(36)48-16-7-4-13-42(48)44-24-21-40(31-50(44)54)55(38-22-25-52-46(29-38)45-14-5-8-17-51(45)56-52)39-20-23-43-41-12-3-6-15-47(41)53(49(43)30-39)32-34-18-19-35(53)28-34/h3-8,12-17,20-25,29-31,33-37H,2,9-11,18-19,26-28,32H2,1H3. The summed E-state index contributed by atoms with van der Waals surface area (Å²) in [5, 5.41) is 2.36. The zero-order chi connectivity index (χ0) is 36.8. The predicted octanol–water partition coefficient (Wildman–Crippen LogP) is 14.6. The first-order valence-corrected chi connectivity index (χ1v) is 21.9. The van der Waals surface area contributed by atoms with Crippen molar-refractivity contribution in [1.29, 1.82) is 0 Å². The largest absolute Gasteiger partial charge is 0.456 e. The van der Waals surface area contributed by atoms with Crippen LogP contribution in [0.15, 0.2) is 132 Å². The van der Waals surface area contributed by atoms with E-state index in [-0.39, 0.29) is 10.8 Å². The molecule has 6 aromatic carbocycles. The summed E-state index contributed by atoms with van der Waals surface area (Å²) in [6, 6.07) is 49.5. The Bertz CT molecular complexity index is 2740. The zero-order valence-corrected chi connectivity index (χ0v) is 32.4. The van der Waals surface area contributed by atoms with Crippen LogP contribution in [0, 0.1) is 29.6 Å². The van der Waals surface area contributed by atoms with E-state index in [2.05, 4.69) is 139 Å². The molecule has 4 fully saturated rings. The van der Waals surface area contributed by atoms with Crippen LogP contribution in [0.4, 0.5) is 17.1 Å². The monoisotopic (exact) mass is 727 g/mol. The third kappa shape index (κ3) is 4.03. The van der Waals surface area contributed by atoms with Gasteiger partial charge in [-0.2, -0.15) is 0 Å². The summed E-state index contributed by atoms with van der Waals surface area (Å²) in [4.78, 5) is 2.61. The van der Waals surface area contributed by atoms with Crippen LogP contribution in [-0.4, -0.2) is 0 Å². The van der Waals surface area contributed by atoms with Gasteiger partial charge in [-0.25, -0.2) is 0 Å². The third-order valence-corrected chi connectivity index (χ3v) is 16.5. The number of hydrogen-bond donors (Lipinski definition) is 0. The van der Waals surface area contributed by atoms with Gasteiger partial charge in [0, 0.05) is 38.7 Å². The van der Waals surface area contributed by atoms with Crippen molar-refractivity contribution in [3.05, 3.63) is 150 Å². The van der Waals surface area contributed by atoms with E-state index in [9.17, 15) is 0 Å². The highest BCUT2D eigenvalue weighted by Gasteiger charge is 2.58. The van der Waals surface area contributed by atoms with Gasteiger partial charge in [-0.15, -0.1) is 0 Å². The van der Waals surface area contributed by atoms with Crippen LogP contribution in [0.2, 0.25) is 0 Å². The molecule has 276 valence electrons. The van der Waals surface area contributed by atoms with Gasteiger partial charge in [0.25, 0.3) is 0 Å². The van der Waals surface area contributed by atoms with Crippen LogP contribution >= 0.6 is 0 Å². The average molecular weight is 728 g/mol. The number of para-hydroxylation sites is 1. The van der Waals surface area contributed by atoms with Gasteiger partial charge >= 0.3 is 0 Å². The predicted molar refractivity (Wildman–Crippen MR) is 230 cm³/mol. The van der Waals surface area contributed by atoms with E-state index in [0.717, 1.165) is 28.9 Å². The van der Waals surface area contributed by atoms with Crippen LogP contribution in [-0.2, 0) is 10.8 Å². The maximum absolute atomic E-state index is 6.40. The SMILES string of the molecule is CCC1CC2CCCC(C1)C21c2ccccc2-c2ccc(N(c3ccc4c(c3)C3(CC5CCC3C5)c3ccccc3-4)c3ccc4oc5ccccc5c4c3)cc21. The summed E-state index contributed by atoms with van der Waals surface area (Å²) in [5.74, 6) is 3.79. The summed E-state index contributed by atoms with van der Waals surface area (Å²) in [6.07, 6.45) is 13.5. The molecule has 2 nitrogen and oxygen atoms in total. The van der Waals surface area contributed by atoms with Crippen molar-refractivity contribution in [2.24, 2.45) is 29.6 Å². The molecule has 1 heterocycles. The number of hydrogen-bond acceptors (Lipinski definition) is 2. The molecular formula is C54H49NO. The number of anilines is 3. The molecule has 0 N–H and O–H groups in total. The van der Waals surface area contributed by atoms with Crippen LogP contribution in [0.25, 0.3) is 44.2 Å². The van der Waals surface area contributed by atoms with Crippen LogP contribution in [0.3, 0.4) is 0 Å². The molecule has 1 aromatic heterocycles. The molecule has 0 saturated heterocycles. The molecule has 2 spiro atoms. The molecule has 0 aliphatic heterocycles. The summed E-state index contributed by atoms with van der Waals surface area (Å²) in [5.41, 5.74) is 18.1. The topological polar surface area (TPSA) is 16.4 Å². The molecule has 5 unspecified atom stereocenters. The van der Waals surface area contributed by atoms with E-state index in [0.29, 0.717) is 11.8 Å². The van der Waals surface area contributed by atoms with Gasteiger partial charge in [0.05, 0.1) is 0 Å². The Morgan fingerprint density at radius 1 is 0.536 bits per heavy atom. The second-order valence-corrected chi connectivity index (χ2v) is 18.7. The Labute approximate surface area is 330 Å². The van der Waals surface area contributed by atoms with Crippen molar-refractivity contribution < 1.29 is 4.42 Å². The maximum atomic E-state index is 6.40. The highest BCUT2D eigenvalue weighted by Crippen LogP contribution is 2.68. The molecule has 56 heavy (non-hydrogen) atoms. The first kappa shape index (κ1) is 32.1. The summed E-state index contributed by atoms with van der Waals surface area (Å²) >= 11 is 0. The average Bonchev–Trinajstić information content (AvgIpc) is 4.05. The number of benzene rings is 6. The fraction of sp³-hybridized carbons (Fsp3) is 0.333. The van der Waals surface area contributed by atoms with Crippen molar-refractivity contribution in [3.8, 4) is 22.3 Å². The highest BCUT2D eigenvalue weighted by atomic mass is 16.3. The van der Waals surface area contributed by atoms with Crippen molar-refractivity contribution in [2.75, 3.05) is 4.90 Å². The number of nitrogens with zero attached hydrogens (tertiary/aromatic N) is 1. The molecule has 0 amide bonds. The summed E-state index contributed by atoms with van der Waals surface area (Å²) in [7, 11) is 0. The smallest absolute Gasteiger partial charge is 0.135 e. The van der Waals surface area contributed by atoms with E-state index < -0.39 is 0 Å². The fourth-order valence-electron chi connectivity index (χ4n) is 14.4. The Hall–Kier alpha value is -5.08. The molecule has 4 saturated carbocycles. The van der Waals surface area contributed by atoms with E-state index in [1.54, 1.807) is 22.3 Å². The van der Waals surface area contributed by atoms with Crippen LogP contribution < -0.4 is 4.90 Å². The second kappa shape index (κ2) is 11.5. The van der Waals surface area contributed by atoms with Gasteiger partial charge in [-0.05, 0) is 168 Å². The first-order valence-electron chi connectivity index (χ1n) is 21.9. The van der Waals surface area contributed by atoms with E-state index in [1.165, 1.54) is 114 Å². The van der Waals surface area contributed by atoms with E-state index in [1.807, 2.05) is 0 Å². The van der Waals surface area contributed by atoms with E-state index in [4.69, 9.17) is 4.42 Å². The molecule has 7 aromatic rings. The summed E-state index contributed by atoms with van der Waals surface area (Å²) < 4.78 is 6.40. The minimum absolute atomic E-state index is 0.0922. The van der Waals surface area contributed by atoms with Crippen molar-refractivity contribution in [2.45, 2.75) is 82.0 Å². The highest BCUT2D eigenvalue weighted by molar-refractivity contribution is 6.06. The van der Waals surface area contributed by atoms with Gasteiger partial charge < -0.3 is 9.32 Å². The van der Waals surface area contributed by atoms with Gasteiger partial charge in [0.2, 0.25) is 0 Å². The number of furan rings is 1. The molecule has 6 aliphatic rings. The molecular weight excluding hydrogens is 679 g/mol. The van der Waals surface area contributed by atoms with E-state index >= 15 is 0 Å². The van der Waals surface area contributed by atoms with Crippen LogP contribution in [0.5, 0.6) is 0 Å². The third-order valence-electron chi connectivity index (χ3n) is 16.5. The molecule has 5 atom stereocenters. The first-order chi connectivity index (χ1) is 27.6. The van der Waals surface area contributed by atoms with Crippen molar-refractivity contribution in [3.63, 3.8) is 0 Å². The molecule has 4 bridgehead atoms. The lowest BCUT2D eigenvalue weighted by molar-refractivity contribution is 0.0492. The maximum Gasteiger partial charge on any atom is 0.135 e. The van der Waals surface area contributed by atoms with Crippen LogP contribution in [0.1, 0.15) is 93.4 Å². The Balaban J connectivity index is 1.05. The minimum atomic E-state index is 0.0922. The molecule has 0 radical (unpaired) electrons. The number of rotatable bonds is 4. The van der Waals surface area contributed by atoms with Gasteiger partial charge in [0.15, 0.2) is 0 Å². The molecule has 13 rings (SSSR count). The molecule has 2 heteroatoms. The normalized spacial score (nSPS) is 28.9. The minimum Gasteiger partial charge on any atom is -0.456 e. The van der Waals surface area contributed by atoms with Gasteiger partial charge in [0.1, 0.15) is 11.2 Å². The zero-order valence-electron chi connectivity index (χ0n) is 32.4. The van der Waals surface area contributed by atoms with Crippen molar-refractivity contribution >= 4 is 39.0 Å². The molecule has 6 aliphatic carbocycles. The lowest BCUT2D eigenvalue weighted by Crippen LogP contribution is -2.49. The Kier molecular flexibility index (Phi) is 6.58. The number of fused-ring (bicyclic) bond motifs is 14. The Morgan fingerprint density at radius 2 is 1.16 bits per heavy atom. The van der Waals surface area contributed by atoms with Gasteiger partial charge in [-0.1, -0.05) is 105 Å². The quantitative estimate of drug-likeness (QED) is 0.179. The fourth-order valence-corrected chi connectivity index (χ4v) is 14.4. The summed E-state index contributed by atoms with van der Waals surface area (Å²) in [6.45, 7) is 2.43. The Morgan fingerprint density at radius 3 is 1.91 bits per heavy atom. The van der Waals surface area contributed by atoms with Crippen molar-refractivity contribution in [1.82, 2.24) is 0 Å². The second-order valence-electron chi connectivity index (χ2n) is 18.7. The lowest BCUT2D eigenvalue weighted by atomic mass is 9.49. The lowest BCUT2D eigenvalue weighted by Gasteiger charge is -2.55. The van der Waals surface area contributed by atoms with Gasteiger partial charge in [-0.3, -0.25) is 0 Å².